The van der Waals surface area contributed by atoms with Gasteiger partial charge in [-0.1, -0.05) is 19.2 Å². The number of fused-ring (bicyclic) bond motifs is 2. The number of pyridine rings is 2. The van der Waals surface area contributed by atoms with Crippen molar-refractivity contribution in [3.05, 3.63) is 134 Å². The number of nitrogens with zero attached hydrogens (tertiary/aromatic N) is 8. The maximum atomic E-state index is 9.81. The zero-order valence-corrected chi connectivity index (χ0v) is 46.5. The fourth-order valence-electron chi connectivity index (χ4n) is 7.70. The number of anilines is 4. The largest absolute Gasteiger partial charge is 0 e. The Bertz CT molecular complexity index is 2800. The van der Waals surface area contributed by atoms with Crippen LogP contribution in [0.15, 0.2) is 111 Å². The number of piperazine rings is 2. The molecule has 2 saturated heterocycles. The number of rotatable bonds is 16. The van der Waals surface area contributed by atoms with Crippen molar-refractivity contribution >= 4 is 53.5 Å². The standard InChI is InChI=1S/2C25H24N5O2.2V.2Y/c1-3-13-32-24-14-21-22(15-23(24)31-2)27-17-19(16-26)25(21)30-11-9-29(10-12-30)18-28-20-7-5-4-6-8-20;1-3-13-32-24-15-22-21(14-23(24)31-2)25(19(16-26)17-27-22)30-11-9-29(10-12-30)18-28-20-7-5-4-6-8-20;;;;/h2*3,5-8,14-15,17,28H,1,9-13H2,2H3;;;;/q2*-1;;;;. The first-order chi connectivity index (χ1) is 32.3. The van der Waals surface area contributed by atoms with Gasteiger partial charge in [0.1, 0.15) is 0 Å². The van der Waals surface area contributed by atoms with E-state index in [1.165, 1.54) is 0 Å². The molecular weight excluding hydrogens is 1080 g/mol. The van der Waals surface area contributed by atoms with Gasteiger partial charge in [0.25, 0.3) is 0 Å². The molecule has 6 aromatic rings. The van der Waals surface area contributed by atoms with Crippen LogP contribution in [0.3, 0.4) is 0 Å². The molecule has 8 rings (SSSR count). The molecule has 0 spiro atoms. The van der Waals surface area contributed by atoms with Crippen LogP contribution in [-0.2, 0) is 99.4 Å². The van der Waals surface area contributed by atoms with Crippen LogP contribution < -0.4 is 39.4 Å². The third kappa shape index (κ3) is 13.5. The second-order valence-electron chi connectivity index (χ2n) is 14.9. The fraction of sp³-hybridized carbons (Fsp3) is 0.240. The minimum atomic E-state index is 0. The van der Waals surface area contributed by atoms with Crippen LogP contribution in [0.25, 0.3) is 21.8 Å². The molecule has 2 aromatic heterocycles. The number of nitrogens with one attached hydrogen (secondary N) is 2. The summed E-state index contributed by atoms with van der Waals surface area (Å²) >= 11 is 5.23. The Morgan fingerprint density at radius 3 is 1.38 bits per heavy atom. The van der Waals surface area contributed by atoms with E-state index in [0.29, 0.717) is 47.3 Å². The van der Waals surface area contributed by atoms with Crippen molar-refractivity contribution < 1.29 is 118 Å². The summed E-state index contributed by atoms with van der Waals surface area (Å²) in [4.78, 5) is 18.1. The van der Waals surface area contributed by atoms with Crippen LogP contribution in [-0.4, -0.2) is 109 Å². The number of hydrogen-bond donors (Lipinski definition) is 2. The van der Waals surface area contributed by atoms with E-state index in [9.17, 15) is 10.5 Å². The monoisotopic (exact) mass is 1130 g/mol. The maximum Gasteiger partial charge on any atom is 0 e. The van der Waals surface area contributed by atoms with Crippen LogP contribution in [0, 0.1) is 34.8 Å². The molecule has 4 heterocycles. The third-order valence-corrected chi connectivity index (χ3v) is 12.2. The van der Waals surface area contributed by atoms with Crippen molar-refractivity contribution in [2.24, 2.45) is 0 Å². The van der Waals surface area contributed by atoms with Gasteiger partial charge in [-0.3, -0.25) is 0 Å². The smallest absolute Gasteiger partial charge is 0 e. The van der Waals surface area contributed by atoms with Crippen molar-refractivity contribution in [2.45, 2.75) is 0 Å². The third-order valence-electron chi connectivity index (χ3n) is 10.9. The number of aromatic nitrogens is 2. The average molecular weight is 1130 g/mol. The van der Waals surface area contributed by atoms with Gasteiger partial charge in [-0.05, 0) is 0 Å². The van der Waals surface area contributed by atoms with Crippen molar-refractivity contribution in [1.82, 2.24) is 19.8 Å². The molecule has 14 nitrogen and oxygen atoms in total. The van der Waals surface area contributed by atoms with Gasteiger partial charge in [0.05, 0.1) is 0 Å². The summed E-state index contributed by atoms with van der Waals surface area (Å²) in [6.45, 7) is 14.5. The second kappa shape index (κ2) is 27.1. The van der Waals surface area contributed by atoms with Crippen LogP contribution in [0.4, 0.5) is 22.7 Å². The van der Waals surface area contributed by atoms with Gasteiger partial charge >= 0.3 is 387 Å². The SMILES string of the molecule is C=CCOc1cc2c(N3CCN([C](=[V])Nc4cc[c-]cc4)CC3)c(C#N)cnc2cc1OC.C=CCOc1cc2ncc(C#N)c(N3CCN([C](=[V])Nc4cc[c-]cc4)CC3)c2cc1OC.[Y].[Y]. The van der Waals surface area contributed by atoms with Gasteiger partial charge in [0.2, 0.25) is 0 Å². The number of hydrogen-bond acceptors (Lipinski definition) is 14. The normalized spacial score (nSPS) is 13.4. The topological polar surface area (TPSA) is 147 Å². The maximum absolute atomic E-state index is 9.81. The summed E-state index contributed by atoms with van der Waals surface area (Å²) in [5.41, 5.74) is 6.43. The van der Waals surface area contributed by atoms with Gasteiger partial charge in [0, 0.05) is 65.4 Å². The Kier molecular flexibility index (Phi) is 21.7. The fourth-order valence-corrected chi connectivity index (χ4v) is 8.73. The van der Waals surface area contributed by atoms with E-state index in [-0.39, 0.29) is 65.4 Å². The number of nitriles is 2. The molecule has 2 aliphatic heterocycles. The van der Waals surface area contributed by atoms with Crippen molar-refractivity contribution in [3.8, 4) is 35.1 Å². The molecule has 0 saturated carbocycles. The van der Waals surface area contributed by atoms with Crippen molar-refractivity contribution in [1.29, 1.82) is 10.5 Å². The molecule has 2 radical (unpaired) electrons. The Hall–Kier alpha value is -4.40. The Labute approximate surface area is 466 Å². The molecule has 4 aromatic carbocycles. The first kappa shape index (κ1) is 54.5. The van der Waals surface area contributed by atoms with Gasteiger partial charge in [0.15, 0.2) is 0 Å². The van der Waals surface area contributed by atoms with Crippen LogP contribution in [0.1, 0.15) is 11.1 Å². The minimum absolute atomic E-state index is 0. The summed E-state index contributed by atoms with van der Waals surface area (Å²) in [6, 6.07) is 33.7. The first-order valence-electron chi connectivity index (χ1n) is 21.2. The summed E-state index contributed by atoms with van der Waals surface area (Å²) in [5, 5.41) is 28.2. The van der Waals surface area contributed by atoms with Crippen LogP contribution in [0.5, 0.6) is 23.0 Å². The summed E-state index contributed by atoms with van der Waals surface area (Å²) in [6.07, 6.45) is 6.64. The molecule has 68 heavy (non-hydrogen) atoms. The molecule has 0 amide bonds. The van der Waals surface area contributed by atoms with Crippen LogP contribution >= 0.6 is 0 Å². The first-order valence-corrected chi connectivity index (χ1v) is 22.6. The molecule has 2 aliphatic rings. The predicted octanol–water partition coefficient (Wildman–Crippen LogP) is 6.69. The Morgan fingerprint density at radius 1 is 0.632 bits per heavy atom. The number of ether oxygens (including phenoxy) is 4. The van der Waals surface area contributed by atoms with E-state index in [4.69, 9.17) is 18.9 Å². The van der Waals surface area contributed by atoms with E-state index in [0.717, 1.165) is 106 Å². The number of benzene rings is 4. The van der Waals surface area contributed by atoms with Gasteiger partial charge in [-0.2, -0.15) is 0 Å². The molecule has 2 N–H and O–H groups in total. The zero-order chi connectivity index (χ0) is 46.4. The van der Waals surface area contributed by atoms with Gasteiger partial charge < -0.3 is 0 Å². The zero-order valence-electron chi connectivity index (χ0n) is 38.0. The second-order valence-corrected chi connectivity index (χ2v) is 16.3. The molecule has 340 valence electrons. The summed E-state index contributed by atoms with van der Waals surface area (Å²) in [7, 11) is 3.21. The molecule has 2 fully saturated rings. The summed E-state index contributed by atoms with van der Waals surface area (Å²) in [5.74, 6) is 2.41. The van der Waals surface area contributed by atoms with E-state index < -0.39 is 0 Å². The van der Waals surface area contributed by atoms with E-state index in [1.54, 1.807) is 38.8 Å². The molecule has 18 heteroatoms. The molecule has 0 atom stereocenters. The molecule has 0 aliphatic carbocycles. The minimum Gasteiger partial charge on any atom is 0 e. The molecule has 0 unspecified atom stereocenters. The van der Waals surface area contributed by atoms with Crippen molar-refractivity contribution in [2.75, 3.05) is 100 Å². The Balaban J connectivity index is 0.000000247. The molecule has 0 bridgehead atoms. The Morgan fingerprint density at radius 2 is 1.00 bits per heavy atom. The number of methoxy groups -OCH3 is 2. The quantitative estimate of drug-likeness (QED) is 0.0784. The van der Waals surface area contributed by atoms with Crippen LogP contribution in [0.2, 0.25) is 0 Å². The van der Waals surface area contributed by atoms with E-state index >= 15 is 0 Å². The predicted molar refractivity (Wildman–Crippen MR) is 253 cm³/mol. The van der Waals surface area contributed by atoms with Gasteiger partial charge in [-0.15, -0.1) is 0 Å². The van der Waals surface area contributed by atoms with E-state index in [2.05, 4.69) is 112 Å². The van der Waals surface area contributed by atoms with Gasteiger partial charge in [-0.25, -0.2) is 0 Å². The summed E-state index contributed by atoms with van der Waals surface area (Å²) < 4.78 is 24.7. The molecular formula is C50H48N10O4V2Y2-2. The van der Waals surface area contributed by atoms with E-state index in [1.807, 2.05) is 72.8 Å². The van der Waals surface area contributed by atoms with Crippen molar-refractivity contribution in [3.63, 3.8) is 0 Å². The average Bonchev–Trinajstić information content (AvgIpc) is 3.36.